The molecule has 2 aromatic rings. The molecule has 1 heterocycles. The second-order valence-corrected chi connectivity index (χ2v) is 4.80. The molecule has 0 aliphatic rings. The Kier molecular flexibility index (Phi) is 3.54. The molecule has 0 amide bonds. The molecule has 0 aliphatic heterocycles. The first-order valence-electron chi connectivity index (χ1n) is 5.21. The van der Waals surface area contributed by atoms with Crippen LogP contribution in [0, 0.1) is 12.7 Å². The Balaban J connectivity index is 2.39. The van der Waals surface area contributed by atoms with Gasteiger partial charge in [0.05, 0.1) is 11.7 Å². The number of hydrogen-bond acceptors (Lipinski definition) is 2. The molecule has 2 rings (SSSR count). The molecule has 0 saturated heterocycles. The lowest BCUT2D eigenvalue weighted by atomic mass is 9.99. The number of nitrogens with two attached hydrogens (primary N) is 1. The predicted molar refractivity (Wildman–Crippen MR) is 69.1 cm³/mol. The van der Waals surface area contributed by atoms with Crippen LogP contribution in [0.3, 0.4) is 0 Å². The maximum Gasteiger partial charge on any atom is 0.123 e. The lowest BCUT2D eigenvalue weighted by molar-refractivity contribution is 0.622. The molecular formula is C13H12BrFN2. The van der Waals surface area contributed by atoms with Crippen molar-refractivity contribution in [3.8, 4) is 0 Å². The SMILES string of the molecule is Cc1ccc(F)cc1C(N)c1ccc(Br)cn1. The summed E-state index contributed by atoms with van der Waals surface area (Å²) in [6.07, 6.45) is 1.68. The van der Waals surface area contributed by atoms with Crippen molar-refractivity contribution in [2.24, 2.45) is 5.73 Å². The molecule has 2 nitrogen and oxygen atoms in total. The summed E-state index contributed by atoms with van der Waals surface area (Å²) in [5.74, 6) is -0.279. The van der Waals surface area contributed by atoms with Gasteiger partial charge in [0.2, 0.25) is 0 Å². The van der Waals surface area contributed by atoms with Crippen LogP contribution in [0.25, 0.3) is 0 Å². The Labute approximate surface area is 108 Å². The summed E-state index contributed by atoms with van der Waals surface area (Å²) < 4.78 is 14.1. The van der Waals surface area contributed by atoms with Gasteiger partial charge in [-0.25, -0.2) is 4.39 Å². The number of pyridine rings is 1. The molecule has 2 N–H and O–H groups in total. The Morgan fingerprint density at radius 2 is 2.06 bits per heavy atom. The van der Waals surface area contributed by atoms with Crippen molar-refractivity contribution in [3.63, 3.8) is 0 Å². The second-order valence-electron chi connectivity index (χ2n) is 3.88. The number of halogens is 2. The zero-order valence-corrected chi connectivity index (χ0v) is 10.9. The highest BCUT2D eigenvalue weighted by Gasteiger charge is 2.13. The summed E-state index contributed by atoms with van der Waals surface area (Å²) in [4.78, 5) is 4.23. The third-order valence-electron chi connectivity index (χ3n) is 2.65. The molecule has 4 heteroatoms. The molecule has 0 radical (unpaired) electrons. The van der Waals surface area contributed by atoms with Crippen LogP contribution < -0.4 is 5.73 Å². The minimum atomic E-state index is -0.404. The van der Waals surface area contributed by atoms with Crippen LogP contribution in [0.5, 0.6) is 0 Å². The monoisotopic (exact) mass is 294 g/mol. The van der Waals surface area contributed by atoms with E-state index in [-0.39, 0.29) is 5.82 Å². The summed E-state index contributed by atoms with van der Waals surface area (Å²) in [5, 5.41) is 0. The Morgan fingerprint density at radius 3 is 2.71 bits per heavy atom. The molecule has 0 saturated carbocycles. The molecule has 0 bridgehead atoms. The van der Waals surface area contributed by atoms with Gasteiger partial charge in [-0.2, -0.15) is 0 Å². The summed E-state index contributed by atoms with van der Waals surface area (Å²) >= 11 is 3.31. The van der Waals surface area contributed by atoms with E-state index in [2.05, 4.69) is 20.9 Å². The molecule has 88 valence electrons. The number of benzene rings is 1. The predicted octanol–water partition coefficient (Wildman–Crippen LogP) is 3.34. The topological polar surface area (TPSA) is 38.9 Å². The van der Waals surface area contributed by atoms with E-state index in [0.29, 0.717) is 0 Å². The molecule has 0 fully saturated rings. The zero-order valence-electron chi connectivity index (χ0n) is 9.32. The number of aromatic nitrogens is 1. The lowest BCUT2D eigenvalue weighted by Crippen LogP contribution is -2.15. The highest BCUT2D eigenvalue weighted by atomic mass is 79.9. The maximum atomic E-state index is 13.2. The largest absolute Gasteiger partial charge is 0.319 e. The highest BCUT2D eigenvalue weighted by Crippen LogP contribution is 2.22. The van der Waals surface area contributed by atoms with E-state index in [1.807, 2.05) is 19.1 Å². The van der Waals surface area contributed by atoms with Gasteiger partial charge in [-0.15, -0.1) is 0 Å². The molecular weight excluding hydrogens is 283 g/mol. The average molecular weight is 295 g/mol. The second kappa shape index (κ2) is 4.94. The van der Waals surface area contributed by atoms with Gasteiger partial charge in [0, 0.05) is 10.7 Å². The van der Waals surface area contributed by atoms with Crippen molar-refractivity contribution < 1.29 is 4.39 Å². The number of hydrogen-bond donors (Lipinski definition) is 1. The fourth-order valence-electron chi connectivity index (χ4n) is 1.68. The highest BCUT2D eigenvalue weighted by molar-refractivity contribution is 9.10. The van der Waals surface area contributed by atoms with Crippen LogP contribution in [-0.2, 0) is 0 Å². The molecule has 1 aromatic heterocycles. The summed E-state index contributed by atoms with van der Waals surface area (Å²) in [6.45, 7) is 1.91. The minimum absolute atomic E-state index is 0.279. The molecule has 0 spiro atoms. The minimum Gasteiger partial charge on any atom is -0.319 e. The van der Waals surface area contributed by atoms with E-state index < -0.39 is 6.04 Å². The third kappa shape index (κ3) is 2.70. The molecule has 1 unspecified atom stereocenters. The molecule has 0 aliphatic carbocycles. The van der Waals surface area contributed by atoms with Crippen LogP contribution >= 0.6 is 15.9 Å². The van der Waals surface area contributed by atoms with Gasteiger partial charge in [-0.3, -0.25) is 4.98 Å². The first-order valence-corrected chi connectivity index (χ1v) is 6.00. The number of aryl methyl sites for hydroxylation is 1. The Morgan fingerprint density at radius 1 is 1.29 bits per heavy atom. The molecule has 17 heavy (non-hydrogen) atoms. The molecule has 1 aromatic carbocycles. The van der Waals surface area contributed by atoms with Gasteiger partial charge in [0.1, 0.15) is 5.82 Å². The third-order valence-corrected chi connectivity index (χ3v) is 3.11. The summed E-state index contributed by atoms with van der Waals surface area (Å²) in [5.41, 5.74) is 8.54. The zero-order chi connectivity index (χ0) is 12.4. The first kappa shape index (κ1) is 12.2. The Hall–Kier alpha value is -1.26. The van der Waals surface area contributed by atoms with E-state index in [1.54, 1.807) is 12.3 Å². The van der Waals surface area contributed by atoms with E-state index >= 15 is 0 Å². The van der Waals surface area contributed by atoms with Gasteiger partial charge in [0.25, 0.3) is 0 Å². The van der Waals surface area contributed by atoms with Gasteiger partial charge in [-0.05, 0) is 58.2 Å². The Bertz CT molecular complexity index is 525. The number of rotatable bonds is 2. The van der Waals surface area contributed by atoms with Crippen molar-refractivity contribution in [3.05, 3.63) is 63.6 Å². The normalized spacial score (nSPS) is 12.5. The van der Waals surface area contributed by atoms with Gasteiger partial charge in [-0.1, -0.05) is 6.07 Å². The van der Waals surface area contributed by atoms with Gasteiger partial charge < -0.3 is 5.73 Å². The van der Waals surface area contributed by atoms with Crippen LogP contribution in [0.2, 0.25) is 0 Å². The van der Waals surface area contributed by atoms with Crippen molar-refractivity contribution >= 4 is 15.9 Å². The van der Waals surface area contributed by atoms with E-state index in [0.717, 1.165) is 21.3 Å². The summed E-state index contributed by atoms with van der Waals surface area (Å²) in [6, 6.07) is 7.92. The van der Waals surface area contributed by atoms with E-state index in [4.69, 9.17) is 5.73 Å². The quantitative estimate of drug-likeness (QED) is 0.923. The van der Waals surface area contributed by atoms with Crippen molar-refractivity contribution in [2.75, 3.05) is 0 Å². The fraction of sp³-hybridized carbons (Fsp3) is 0.154. The maximum absolute atomic E-state index is 13.2. The van der Waals surface area contributed by atoms with Crippen LogP contribution in [0.15, 0.2) is 41.0 Å². The van der Waals surface area contributed by atoms with Crippen molar-refractivity contribution in [1.29, 1.82) is 0 Å². The summed E-state index contributed by atoms with van der Waals surface area (Å²) in [7, 11) is 0. The molecule has 1 atom stereocenters. The van der Waals surface area contributed by atoms with Crippen LogP contribution in [0.1, 0.15) is 22.9 Å². The van der Waals surface area contributed by atoms with Crippen molar-refractivity contribution in [1.82, 2.24) is 4.98 Å². The van der Waals surface area contributed by atoms with Gasteiger partial charge >= 0.3 is 0 Å². The van der Waals surface area contributed by atoms with E-state index in [9.17, 15) is 4.39 Å². The number of nitrogens with zero attached hydrogens (tertiary/aromatic N) is 1. The fourth-order valence-corrected chi connectivity index (χ4v) is 1.91. The van der Waals surface area contributed by atoms with Gasteiger partial charge in [0.15, 0.2) is 0 Å². The average Bonchev–Trinajstić information content (AvgIpc) is 2.32. The smallest absolute Gasteiger partial charge is 0.123 e. The van der Waals surface area contributed by atoms with Crippen LogP contribution in [-0.4, -0.2) is 4.98 Å². The standard InChI is InChI=1S/C13H12BrFN2/c1-8-2-4-10(15)6-11(8)13(16)12-5-3-9(14)7-17-12/h2-7,13H,16H2,1H3. The van der Waals surface area contributed by atoms with Crippen molar-refractivity contribution in [2.45, 2.75) is 13.0 Å². The van der Waals surface area contributed by atoms with Crippen LogP contribution in [0.4, 0.5) is 4.39 Å². The first-order chi connectivity index (χ1) is 8.08. The lowest BCUT2D eigenvalue weighted by Gasteiger charge is -2.14. The van der Waals surface area contributed by atoms with E-state index in [1.165, 1.54) is 12.1 Å².